The Morgan fingerprint density at radius 3 is 1.95 bits per heavy atom. The van der Waals surface area contributed by atoms with E-state index in [1.165, 1.54) is 19.3 Å². The molecule has 4 aliphatic rings. The fourth-order valence-electron chi connectivity index (χ4n) is 5.38. The maximum absolute atomic E-state index is 12.6. The Kier molecular flexibility index (Phi) is 3.31. The highest BCUT2D eigenvalue weighted by Gasteiger charge is 2.51. The van der Waals surface area contributed by atoms with E-state index in [2.05, 4.69) is 5.32 Å². The summed E-state index contributed by atoms with van der Waals surface area (Å²) in [4.78, 5) is 12.6. The summed E-state index contributed by atoms with van der Waals surface area (Å²) >= 11 is 0. The van der Waals surface area contributed by atoms with Gasteiger partial charge in [0.2, 0.25) is 0 Å². The molecule has 4 aliphatic carbocycles. The topological polar surface area (TPSA) is 69.6 Å². The van der Waals surface area contributed by atoms with E-state index in [0.29, 0.717) is 11.0 Å². The number of hydrogen-bond acceptors (Lipinski definition) is 3. The van der Waals surface area contributed by atoms with Crippen LogP contribution >= 0.6 is 0 Å². The second-order valence-electron chi connectivity index (χ2n) is 7.65. The van der Waals surface area contributed by atoms with E-state index in [9.17, 15) is 4.79 Å². The van der Waals surface area contributed by atoms with Crippen LogP contribution in [0.25, 0.3) is 0 Å². The molecule has 1 aromatic carbocycles. The third-order valence-electron chi connectivity index (χ3n) is 5.89. The highest BCUT2D eigenvalue weighted by molar-refractivity contribution is 6.58. The minimum atomic E-state index is -1.49. The Bertz CT molecular complexity index is 549. The number of hydrogen-bond donors (Lipinski definition) is 3. The van der Waals surface area contributed by atoms with Gasteiger partial charge in [-0.25, -0.2) is 0 Å². The molecule has 0 unspecified atom stereocenters. The summed E-state index contributed by atoms with van der Waals surface area (Å²) in [5.41, 5.74) is 1.02. The highest BCUT2D eigenvalue weighted by Crippen LogP contribution is 2.55. The lowest BCUT2D eigenvalue weighted by Crippen LogP contribution is -2.59. The van der Waals surface area contributed by atoms with Gasteiger partial charge in [0.1, 0.15) is 0 Å². The molecule has 0 heterocycles. The van der Waals surface area contributed by atoms with Crippen LogP contribution in [0, 0.1) is 17.8 Å². The first-order valence-corrected chi connectivity index (χ1v) is 8.32. The molecule has 0 aromatic heterocycles. The highest BCUT2D eigenvalue weighted by atomic mass is 16.4. The summed E-state index contributed by atoms with van der Waals surface area (Å²) in [5.74, 6) is 2.39. The number of amides is 1. The zero-order chi connectivity index (χ0) is 15.3. The number of carbonyl (C=O) groups excluding carboxylic acids is 1. The smallest absolute Gasteiger partial charge is 0.423 e. The molecule has 3 N–H and O–H groups in total. The Morgan fingerprint density at radius 1 is 1.00 bits per heavy atom. The van der Waals surface area contributed by atoms with Gasteiger partial charge < -0.3 is 15.4 Å². The van der Waals surface area contributed by atoms with Crippen molar-refractivity contribution in [3.05, 3.63) is 29.8 Å². The molecular weight excluding hydrogens is 277 g/mol. The van der Waals surface area contributed by atoms with Gasteiger partial charge in [0.05, 0.1) is 0 Å². The summed E-state index contributed by atoms with van der Waals surface area (Å²) in [6.45, 7) is 0. The lowest BCUT2D eigenvalue weighted by molar-refractivity contribution is -0.0167. The molecule has 4 fully saturated rings. The van der Waals surface area contributed by atoms with Crippen molar-refractivity contribution in [2.45, 2.75) is 44.1 Å². The lowest BCUT2D eigenvalue weighted by atomic mass is 9.53. The molecular formula is C17H22BNO3. The average Bonchev–Trinajstić information content (AvgIpc) is 2.45. The standard InChI is InChI=1S/C17H22BNO3/c20-16(14-1-3-15(4-2-14)18(21)22)19-17-8-11-5-12(9-17)7-13(6-11)10-17/h1-4,11-13,21-22H,5-10H2,(H,19,20). The monoisotopic (exact) mass is 299 g/mol. The normalized spacial score (nSPS) is 35.5. The van der Waals surface area contributed by atoms with E-state index in [1.807, 2.05) is 0 Å². The van der Waals surface area contributed by atoms with Crippen molar-refractivity contribution >= 4 is 18.5 Å². The molecule has 5 rings (SSSR count). The van der Waals surface area contributed by atoms with Crippen LogP contribution in [-0.2, 0) is 0 Å². The first kappa shape index (κ1) is 14.3. The van der Waals surface area contributed by atoms with Crippen LogP contribution in [0.2, 0.25) is 0 Å². The Morgan fingerprint density at radius 2 is 1.50 bits per heavy atom. The van der Waals surface area contributed by atoms with Crippen molar-refractivity contribution in [3.63, 3.8) is 0 Å². The summed E-state index contributed by atoms with van der Waals surface area (Å²) in [6.07, 6.45) is 7.49. The molecule has 5 heteroatoms. The van der Waals surface area contributed by atoms with Crippen LogP contribution in [0.3, 0.4) is 0 Å². The Labute approximate surface area is 131 Å². The van der Waals surface area contributed by atoms with E-state index in [0.717, 1.165) is 37.0 Å². The first-order chi connectivity index (χ1) is 10.5. The molecule has 22 heavy (non-hydrogen) atoms. The van der Waals surface area contributed by atoms with E-state index in [1.54, 1.807) is 24.3 Å². The fourth-order valence-corrected chi connectivity index (χ4v) is 5.38. The minimum Gasteiger partial charge on any atom is -0.423 e. The van der Waals surface area contributed by atoms with Gasteiger partial charge in [-0.1, -0.05) is 12.1 Å². The Hall–Kier alpha value is -1.33. The van der Waals surface area contributed by atoms with Crippen LogP contribution in [0.4, 0.5) is 0 Å². The summed E-state index contributed by atoms with van der Waals surface area (Å²) in [6, 6.07) is 6.54. The number of rotatable bonds is 3. The van der Waals surface area contributed by atoms with Gasteiger partial charge >= 0.3 is 7.12 Å². The third kappa shape index (κ3) is 2.46. The molecule has 4 saturated carbocycles. The first-order valence-electron chi connectivity index (χ1n) is 8.32. The van der Waals surface area contributed by atoms with Crippen molar-refractivity contribution < 1.29 is 14.8 Å². The SMILES string of the molecule is O=C(NC12CC3CC(CC(C3)C1)C2)c1ccc(B(O)O)cc1. The van der Waals surface area contributed by atoms with E-state index in [4.69, 9.17) is 10.0 Å². The largest absolute Gasteiger partial charge is 0.488 e. The van der Waals surface area contributed by atoms with Crippen molar-refractivity contribution in [1.82, 2.24) is 5.32 Å². The maximum atomic E-state index is 12.6. The van der Waals surface area contributed by atoms with Crippen LogP contribution < -0.4 is 10.8 Å². The molecule has 0 saturated heterocycles. The van der Waals surface area contributed by atoms with E-state index >= 15 is 0 Å². The van der Waals surface area contributed by atoms with Gasteiger partial charge in [-0.3, -0.25) is 4.79 Å². The van der Waals surface area contributed by atoms with Crippen molar-refractivity contribution in [2.75, 3.05) is 0 Å². The van der Waals surface area contributed by atoms with Crippen LogP contribution in [0.5, 0.6) is 0 Å². The maximum Gasteiger partial charge on any atom is 0.488 e. The van der Waals surface area contributed by atoms with Crippen molar-refractivity contribution in [2.24, 2.45) is 17.8 Å². The quantitative estimate of drug-likeness (QED) is 0.731. The predicted octanol–water partition coefficient (Wildman–Crippen LogP) is 1.06. The van der Waals surface area contributed by atoms with Gasteiger partial charge in [-0.15, -0.1) is 0 Å². The predicted molar refractivity (Wildman–Crippen MR) is 84.6 cm³/mol. The van der Waals surface area contributed by atoms with E-state index < -0.39 is 7.12 Å². The summed E-state index contributed by atoms with van der Waals surface area (Å²) in [7, 11) is -1.49. The van der Waals surface area contributed by atoms with Gasteiger partial charge in [-0.2, -0.15) is 0 Å². The van der Waals surface area contributed by atoms with Crippen molar-refractivity contribution in [3.8, 4) is 0 Å². The third-order valence-corrected chi connectivity index (χ3v) is 5.89. The minimum absolute atomic E-state index is 0.0149. The molecule has 0 spiro atoms. The van der Waals surface area contributed by atoms with Gasteiger partial charge in [0, 0.05) is 11.1 Å². The summed E-state index contributed by atoms with van der Waals surface area (Å²) in [5, 5.41) is 21.6. The fraction of sp³-hybridized carbons (Fsp3) is 0.588. The summed E-state index contributed by atoms with van der Waals surface area (Å²) < 4.78 is 0. The molecule has 4 bridgehead atoms. The average molecular weight is 299 g/mol. The zero-order valence-electron chi connectivity index (χ0n) is 12.7. The van der Waals surface area contributed by atoms with Gasteiger partial charge in [0.25, 0.3) is 5.91 Å². The second kappa shape index (κ2) is 5.10. The molecule has 116 valence electrons. The molecule has 4 nitrogen and oxygen atoms in total. The number of nitrogens with one attached hydrogen (secondary N) is 1. The number of carbonyl (C=O) groups is 1. The van der Waals surface area contributed by atoms with Gasteiger partial charge in [-0.05, 0) is 73.9 Å². The molecule has 1 aromatic rings. The van der Waals surface area contributed by atoms with Crippen LogP contribution in [-0.4, -0.2) is 28.6 Å². The van der Waals surface area contributed by atoms with Gasteiger partial charge in [0.15, 0.2) is 0 Å². The second-order valence-corrected chi connectivity index (χ2v) is 7.65. The number of benzene rings is 1. The Balaban J connectivity index is 1.50. The van der Waals surface area contributed by atoms with Crippen LogP contribution in [0.1, 0.15) is 48.9 Å². The molecule has 0 aliphatic heterocycles. The van der Waals surface area contributed by atoms with Crippen LogP contribution in [0.15, 0.2) is 24.3 Å². The van der Waals surface area contributed by atoms with Crippen molar-refractivity contribution in [1.29, 1.82) is 0 Å². The van der Waals surface area contributed by atoms with E-state index in [-0.39, 0.29) is 11.4 Å². The molecule has 1 amide bonds. The lowest BCUT2D eigenvalue weighted by Gasteiger charge is -2.56. The molecule has 0 radical (unpaired) electrons. The molecule has 0 atom stereocenters. The zero-order valence-corrected chi connectivity index (χ0v) is 12.7.